The fourth-order valence-corrected chi connectivity index (χ4v) is 10.5. The van der Waals surface area contributed by atoms with Crippen LogP contribution in [-0.2, 0) is 4.79 Å². The molecule has 2 aromatic heterocycles. The molecule has 1 saturated carbocycles. The average molecular weight is 754 g/mol. The van der Waals surface area contributed by atoms with Gasteiger partial charge in [-0.15, -0.1) is 11.3 Å². The summed E-state index contributed by atoms with van der Waals surface area (Å²) < 4.78 is 66.2. The smallest absolute Gasteiger partial charge is 0.319 e. The van der Waals surface area contributed by atoms with Crippen molar-refractivity contribution in [3.05, 3.63) is 40.4 Å². The Morgan fingerprint density at radius 2 is 1.83 bits per heavy atom. The van der Waals surface area contributed by atoms with Crippen LogP contribution in [0.5, 0.6) is 6.01 Å². The number of thiophene rings is 1. The van der Waals surface area contributed by atoms with Crippen LogP contribution >= 0.6 is 22.9 Å². The van der Waals surface area contributed by atoms with Crippen molar-refractivity contribution in [3.8, 4) is 23.2 Å². The van der Waals surface area contributed by atoms with Gasteiger partial charge in [-0.3, -0.25) is 9.69 Å². The molecule has 9 rings (SSSR count). The monoisotopic (exact) mass is 753 g/mol. The SMILES string of the molecule is N#Cc1c(N)sc2c(F)ccc(-c3c(Cl)cc4c(N5CCCCC6(CN(C(=O)[C@@H]7CC7(F)F)C6)C5)nc(OCC56CCCN5CCC6)nc4c3F)c12. The summed E-state index contributed by atoms with van der Waals surface area (Å²) in [5, 5.41) is 10.6. The number of aromatic nitrogens is 2. The highest BCUT2D eigenvalue weighted by Gasteiger charge is 2.64. The van der Waals surface area contributed by atoms with E-state index >= 15 is 4.39 Å². The van der Waals surface area contributed by atoms with Crippen molar-refractivity contribution in [2.24, 2.45) is 11.3 Å². The van der Waals surface area contributed by atoms with Crippen molar-refractivity contribution < 1.29 is 27.1 Å². The summed E-state index contributed by atoms with van der Waals surface area (Å²) in [7, 11) is 0. The second-order valence-corrected chi connectivity index (χ2v) is 16.8. The number of halogens is 5. The van der Waals surface area contributed by atoms with Gasteiger partial charge in [0.2, 0.25) is 5.91 Å². The molecule has 5 aliphatic rings. The number of anilines is 2. The summed E-state index contributed by atoms with van der Waals surface area (Å²) >= 11 is 7.84. The van der Waals surface area contributed by atoms with Gasteiger partial charge in [-0.1, -0.05) is 24.1 Å². The number of alkyl halides is 2. The number of carbonyl (C=O) groups excluding carboxylic acids is 1. The van der Waals surface area contributed by atoms with Gasteiger partial charge in [0, 0.05) is 54.4 Å². The van der Waals surface area contributed by atoms with Crippen LogP contribution in [0.2, 0.25) is 5.02 Å². The molecule has 4 aliphatic heterocycles. The summed E-state index contributed by atoms with van der Waals surface area (Å²) in [5.74, 6) is -5.57. The third kappa shape index (κ3) is 5.28. The van der Waals surface area contributed by atoms with E-state index in [0.29, 0.717) is 44.0 Å². The van der Waals surface area contributed by atoms with Gasteiger partial charge in [0.1, 0.15) is 40.7 Å². The molecule has 1 spiro atoms. The Morgan fingerprint density at radius 3 is 2.54 bits per heavy atom. The molecular weight excluding hydrogens is 718 g/mol. The summed E-state index contributed by atoms with van der Waals surface area (Å²) in [6.45, 7) is 4.14. The number of benzene rings is 2. The van der Waals surface area contributed by atoms with E-state index in [1.165, 1.54) is 17.0 Å². The van der Waals surface area contributed by atoms with Crippen molar-refractivity contribution in [1.29, 1.82) is 5.26 Å². The predicted molar refractivity (Wildman–Crippen MR) is 191 cm³/mol. The normalized spacial score (nSPS) is 23.1. The molecule has 4 aromatic rings. The second kappa shape index (κ2) is 12.0. The number of carbonyl (C=O) groups is 1. The molecule has 1 atom stereocenters. The van der Waals surface area contributed by atoms with Crippen molar-refractivity contribution in [3.63, 3.8) is 0 Å². The first-order valence-corrected chi connectivity index (χ1v) is 19.0. The molecule has 1 aliphatic carbocycles. The van der Waals surface area contributed by atoms with E-state index in [2.05, 4.69) is 14.8 Å². The lowest BCUT2D eigenvalue weighted by Gasteiger charge is -2.51. The van der Waals surface area contributed by atoms with Gasteiger partial charge >= 0.3 is 6.01 Å². The molecule has 0 bridgehead atoms. The zero-order valence-corrected chi connectivity index (χ0v) is 29.9. The zero-order chi connectivity index (χ0) is 36.2. The van der Waals surface area contributed by atoms with Crippen molar-refractivity contribution in [2.45, 2.75) is 62.8 Å². The van der Waals surface area contributed by atoms with Gasteiger partial charge < -0.3 is 20.3 Å². The number of nitriles is 1. The Hall–Kier alpha value is -3.93. The molecule has 6 heterocycles. The summed E-state index contributed by atoms with van der Waals surface area (Å²) in [6, 6.07) is 6.26. The molecule has 272 valence electrons. The molecule has 1 amide bonds. The molecule has 4 saturated heterocycles. The predicted octanol–water partition coefficient (Wildman–Crippen LogP) is 7.38. The zero-order valence-electron chi connectivity index (χ0n) is 28.3. The maximum Gasteiger partial charge on any atom is 0.319 e. The minimum atomic E-state index is -2.92. The van der Waals surface area contributed by atoms with Gasteiger partial charge in [0.25, 0.3) is 5.92 Å². The summed E-state index contributed by atoms with van der Waals surface area (Å²) in [4.78, 5) is 28.4. The first kappa shape index (κ1) is 33.9. The number of nitrogens with zero attached hydrogens (tertiary/aromatic N) is 6. The highest BCUT2D eigenvalue weighted by Crippen LogP contribution is 2.52. The number of likely N-dealkylation sites (tertiary alicyclic amines) is 1. The van der Waals surface area contributed by atoms with Crippen LogP contribution in [0.4, 0.5) is 28.4 Å². The minimum Gasteiger partial charge on any atom is -0.461 e. The Balaban J connectivity index is 1.14. The molecule has 2 aromatic carbocycles. The maximum absolute atomic E-state index is 17.2. The average Bonchev–Trinajstić information content (AvgIpc) is 3.31. The van der Waals surface area contributed by atoms with E-state index < -0.39 is 35.8 Å². The van der Waals surface area contributed by atoms with E-state index in [9.17, 15) is 23.2 Å². The molecule has 0 radical (unpaired) electrons. The standard InChI is InChI=1S/C37H36ClF4N7O2S/c38-24-13-21-29(28(40)27(24)20-5-6-25(39)30-26(20)22(15-43)31(44)52-30)45-34(51-19-36-8-3-11-49(36)12-4-9-36)46-32(21)47-10-2-1-7-35(16-47)17-48(18-35)33(50)23-14-37(23,41)42/h5-6,13,23H,1-4,7-12,14,16-19,44H2/t23-/m0/s1. The number of hydrogen-bond donors (Lipinski definition) is 1. The largest absolute Gasteiger partial charge is 0.461 e. The van der Waals surface area contributed by atoms with Gasteiger partial charge in [-0.2, -0.15) is 15.2 Å². The first-order valence-electron chi connectivity index (χ1n) is 17.8. The van der Waals surface area contributed by atoms with Crippen molar-refractivity contribution in [2.75, 3.05) is 56.5 Å². The number of amides is 1. The van der Waals surface area contributed by atoms with Crippen LogP contribution in [0.15, 0.2) is 18.2 Å². The van der Waals surface area contributed by atoms with Gasteiger partial charge in [0.15, 0.2) is 5.82 Å². The highest BCUT2D eigenvalue weighted by atomic mass is 35.5. The quantitative estimate of drug-likeness (QED) is 0.203. The first-order chi connectivity index (χ1) is 24.9. The number of ether oxygens (including phenoxy) is 1. The number of rotatable bonds is 6. The molecule has 5 fully saturated rings. The highest BCUT2D eigenvalue weighted by molar-refractivity contribution is 7.23. The van der Waals surface area contributed by atoms with E-state index in [1.807, 2.05) is 6.07 Å². The van der Waals surface area contributed by atoms with E-state index in [4.69, 9.17) is 27.1 Å². The molecule has 0 unspecified atom stereocenters. The van der Waals surface area contributed by atoms with Crippen LogP contribution in [-0.4, -0.2) is 83.0 Å². The van der Waals surface area contributed by atoms with Crippen LogP contribution in [0.1, 0.15) is 56.9 Å². The summed E-state index contributed by atoms with van der Waals surface area (Å²) in [5.41, 5.74) is 5.82. The number of hydrogen-bond acceptors (Lipinski definition) is 9. The topological polar surface area (TPSA) is 112 Å². The summed E-state index contributed by atoms with van der Waals surface area (Å²) in [6.07, 6.45) is 6.20. The Morgan fingerprint density at radius 1 is 1.08 bits per heavy atom. The minimum absolute atomic E-state index is 0.0178. The van der Waals surface area contributed by atoms with Crippen LogP contribution < -0.4 is 15.4 Å². The Kier molecular flexibility index (Phi) is 7.85. The number of nitrogen functional groups attached to an aromatic ring is 1. The third-order valence-corrected chi connectivity index (χ3v) is 13.3. The molecule has 15 heteroatoms. The lowest BCUT2D eigenvalue weighted by atomic mass is 9.75. The van der Waals surface area contributed by atoms with Crippen LogP contribution in [0, 0.1) is 34.3 Å². The van der Waals surface area contributed by atoms with E-state index in [1.54, 1.807) is 6.07 Å². The van der Waals surface area contributed by atoms with Gasteiger partial charge in [-0.05, 0) is 69.3 Å². The molecule has 52 heavy (non-hydrogen) atoms. The lowest BCUT2D eigenvalue weighted by Crippen LogP contribution is -2.62. The van der Waals surface area contributed by atoms with Crippen LogP contribution in [0.3, 0.4) is 0 Å². The lowest BCUT2D eigenvalue weighted by molar-refractivity contribution is -0.147. The van der Waals surface area contributed by atoms with E-state index in [-0.39, 0.29) is 59.3 Å². The number of nitrogens with two attached hydrogens (primary N) is 1. The Labute approximate surface area is 306 Å². The number of fused-ring (bicyclic) bond motifs is 3. The molecule has 2 N–H and O–H groups in total. The Bertz CT molecular complexity index is 2190. The molecule has 9 nitrogen and oxygen atoms in total. The fraction of sp³-hybridized carbons (Fsp3) is 0.514. The fourth-order valence-electron chi connectivity index (χ4n) is 9.31. The van der Waals surface area contributed by atoms with Crippen LogP contribution in [0.25, 0.3) is 32.1 Å². The van der Waals surface area contributed by atoms with Gasteiger partial charge in [0.05, 0.1) is 20.8 Å². The van der Waals surface area contributed by atoms with Gasteiger partial charge in [-0.25, -0.2) is 17.6 Å². The second-order valence-electron chi connectivity index (χ2n) is 15.3. The van der Waals surface area contributed by atoms with Crippen molar-refractivity contribution in [1.82, 2.24) is 19.8 Å². The van der Waals surface area contributed by atoms with E-state index in [0.717, 1.165) is 69.4 Å². The van der Waals surface area contributed by atoms with Crippen molar-refractivity contribution >= 4 is 60.7 Å². The maximum atomic E-state index is 17.2. The molecular formula is C37H36ClF4N7O2S. The third-order valence-electron chi connectivity index (χ3n) is 12.0.